The molecular weight excluding hydrogens is 220 g/mol. The lowest BCUT2D eigenvalue weighted by Gasteiger charge is -2.14. The third-order valence-corrected chi connectivity index (χ3v) is 2.43. The van der Waals surface area contributed by atoms with Crippen LogP contribution < -0.4 is 0 Å². The molecule has 0 aromatic carbocycles. The maximum atomic E-state index is 11.8. The van der Waals surface area contributed by atoms with E-state index < -0.39 is 5.92 Å². The standard InChI is InChI=1S/C12H20N2O3/c1-5-7-9-13-11(17-14-9)10(8(3)4)12(15)16-6-2/h8,10H,5-7H2,1-4H3. The molecule has 0 amide bonds. The van der Waals surface area contributed by atoms with Crippen molar-refractivity contribution in [3.8, 4) is 0 Å². The van der Waals surface area contributed by atoms with Crippen LogP contribution in [0.2, 0.25) is 0 Å². The van der Waals surface area contributed by atoms with E-state index in [9.17, 15) is 4.79 Å². The van der Waals surface area contributed by atoms with Crippen molar-refractivity contribution in [3.05, 3.63) is 11.7 Å². The fraction of sp³-hybridized carbons (Fsp3) is 0.750. The van der Waals surface area contributed by atoms with Crippen molar-refractivity contribution >= 4 is 5.97 Å². The van der Waals surface area contributed by atoms with Crippen LogP contribution in [0.25, 0.3) is 0 Å². The Morgan fingerprint density at radius 1 is 1.41 bits per heavy atom. The zero-order valence-corrected chi connectivity index (χ0v) is 10.9. The van der Waals surface area contributed by atoms with E-state index in [-0.39, 0.29) is 11.9 Å². The summed E-state index contributed by atoms with van der Waals surface area (Å²) in [5.74, 6) is 0.325. The fourth-order valence-corrected chi connectivity index (χ4v) is 1.61. The van der Waals surface area contributed by atoms with Gasteiger partial charge in [-0.2, -0.15) is 4.98 Å². The Morgan fingerprint density at radius 3 is 2.65 bits per heavy atom. The molecule has 0 fully saturated rings. The van der Waals surface area contributed by atoms with Gasteiger partial charge in [0.2, 0.25) is 5.89 Å². The second kappa shape index (κ2) is 6.37. The first kappa shape index (κ1) is 13.7. The Bertz CT molecular complexity index is 360. The van der Waals surface area contributed by atoms with Crippen LogP contribution in [0.15, 0.2) is 4.52 Å². The molecule has 0 saturated heterocycles. The summed E-state index contributed by atoms with van der Waals surface area (Å²) in [4.78, 5) is 16.0. The molecule has 0 aliphatic rings. The summed E-state index contributed by atoms with van der Waals surface area (Å²) in [6, 6.07) is 0. The van der Waals surface area contributed by atoms with E-state index in [0.29, 0.717) is 18.3 Å². The molecule has 1 rings (SSSR count). The number of ether oxygens (including phenoxy) is 1. The van der Waals surface area contributed by atoms with Crippen LogP contribution in [-0.4, -0.2) is 22.7 Å². The van der Waals surface area contributed by atoms with Crippen LogP contribution in [0.3, 0.4) is 0 Å². The minimum Gasteiger partial charge on any atom is -0.465 e. The van der Waals surface area contributed by atoms with E-state index in [1.807, 2.05) is 20.8 Å². The summed E-state index contributed by atoms with van der Waals surface area (Å²) in [6.07, 6.45) is 1.71. The normalized spacial score (nSPS) is 12.8. The number of hydrogen-bond acceptors (Lipinski definition) is 5. The average molecular weight is 240 g/mol. The van der Waals surface area contributed by atoms with Crippen molar-refractivity contribution in [3.63, 3.8) is 0 Å². The van der Waals surface area contributed by atoms with Crippen LogP contribution in [0.5, 0.6) is 0 Å². The van der Waals surface area contributed by atoms with E-state index in [2.05, 4.69) is 10.1 Å². The van der Waals surface area contributed by atoms with Crippen LogP contribution in [0, 0.1) is 5.92 Å². The van der Waals surface area contributed by atoms with E-state index in [4.69, 9.17) is 9.26 Å². The van der Waals surface area contributed by atoms with Crippen LogP contribution in [0.1, 0.15) is 51.7 Å². The Balaban J connectivity index is 2.85. The Hall–Kier alpha value is -1.39. The minimum atomic E-state index is -0.465. The summed E-state index contributed by atoms with van der Waals surface area (Å²) in [6.45, 7) is 8.06. The average Bonchev–Trinajstić information content (AvgIpc) is 2.67. The third-order valence-electron chi connectivity index (χ3n) is 2.43. The third kappa shape index (κ3) is 3.54. The van der Waals surface area contributed by atoms with Crippen molar-refractivity contribution in [1.82, 2.24) is 10.1 Å². The van der Waals surface area contributed by atoms with Gasteiger partial charge >= 0.3 is 5.97 Å². The number of hydrogen-bond donors (Lipinski definition) is 0. The second-order valence-corrected chi connectivity index (χ2v) is 4.27. The molecule has 0 N–H and O–H groups in total. The van der Waals surface area contributed by atoms with Gasteiger partial charge in [0, 0.05) is 6.42 Å². The molecule has 5 nitrogen and oxygen atoms in total. The number of nitrogens with zero attached hydrogens (tertiary/aromatic N) is 2. The number of carbonyl (C=O) groups is 1. The van der Waals surface area contributed by atoms with Gasteiger partial charge in [0.15, 0.2) is 5.82 Å². The quantitative estimate of drug-likeness (QED) is 0.714. The smallest absolute Gasteiger partial charge is 0.318 e. The predicted octanol–water partition coefficient (Wildman–Crippen LogP) is 2.32. The maximum absolute atomic E-state index is 11.8. The zero-order chi connectivity index (χ0) is 12.8. The van der Waals surface area contributed by atoms with Gasteiger partial charge in [0.05, 0.1) is 6.61 Å². The fourth-order valence-electron chi connectivity index (χ4n) is 1.61. The Morgan fingerprint density at radius 2 is 2.12 bits per heavy atom. The highest BCUT2D eigenvalue weighted by Gasteiger charge is 2.31. The highest BCUT2D eigenvalue weighted by Crippen LogP contribution is 2.24. The largest absolute Gasteiger partial charge is 0.465 e. The van der Waals surface area contributed by atoms with Crippen molar-refractivity contribution < 1.29 is 14.1 Å². The van der Waals surface area contributed by atoms with Crippen LogP contribution >= 0.6 is 0 Å². The van der Waals surface area contributed by atoms with E-state index in [1.165, 1.54) is 0 Å². The molecule has 96 valence electrons. The highest BCUT2D eigenvalue weighted by atomic mass is 16.5. The van der Waals surface area contributed by atoms with Gasteiger partial charge in [0.25, 0.3) is 0 Å². The Kier molecular flexibility index (Phi) is 5.12. The lowest BCUT2D eigenvalue weighted by molar-refractivity contribution is -0.146. The number of carbonyl (C=O) groups excluding carboxylic acids is 1. The Labute approximate surface area is 102 Å². The van der Waals surface area contributed by atoms with Gasteiger partial charge in [-0.25, -0.2) is 0 Å². The molecule has 0 aliphatic carbocycles. The number of esters is 1. The van der Waals surface area contributed by atoms with Gasteiger partial charge in [-0.05, 0) is 19.3 Å². The number of rotatable bonds is 6. The highest BCUT2D eigenvalue weighted by molar-refractivity contribution is 5.77. The lowest BCUT2D eigenvalue weighted by atomic mass is 9.96. The molecule has 1 unspecified atom stereocenters. The molecule has 1 aromatic rings. The maximum Gasteiger partial charge on any atom is 0.318 e. The molecule has 5 heteroatoms. The molecule has 0 spiro atoms. The molecule has 1 heterocycles. The monoisotopic (exact) mass is 240 g/mol. The predicted molar refractivity (Wildman–Crippen MR) is 62.5 cm³/mol. The van der Waals surface area contributed by atoms with Crippen molar-refractivity contribution in [2.75, 3.05) is 6.61 Å². The molecule has 1 aromatic heterocycles. The van der Waals surface area contributed by atoms with Crippen molar-refractivity contribution in [2.45, 2.75) is 46.5 Å². The molecule has 1 atom stereocenters. The minimum absolute atomic E-state index is 0.0731. The molecule has 0 aliphatic heterocycles. The van der Waals surface area contributed by atoms with E-state index in [1.54, 1.807) is 6.92 Å². The van der Waals surface area contributed by atoms with Crippen LogP contribution in [-0.2, 0) is 16.0 Å². The van der Waals surface area contributed by atoms with Crippen molar-refractivity contribution in [1.29, 1.82) is 0 Å². The number of aryl methyl sites for hydroxylation is 1. The SMILES string of the molecule is CCCc1noc(C(C(=O)OCC)C(C)C)n1. The summed E-state index contributed by atoms with van der Waals surface area (Å²) in [5, 5.41) is 3.86. The summed E-state index contributed by atoms with van der Waals surface area (Å²) in [5.41, 5.74) is 0. The van der Waals surface area contributed by atoms with Gasteiger partial charge in [-0.15, -0.1) is 0 Å². The van der Waals surface area contributed by atoms with Crippen molar-refractivity contribution in [2.24, 2.45) is 5.92 Å². The molecule has 0 radical (unpaired) electrons. The van der Waals surface area contributed by atoms with Gasteiger partial charge in [-0.1, -0.05) is 25.9 Å². The summed E-state index contributed by atoms with van der Waals surface area (Å²) >= 11 is 0. The summed E-state index contributed by atoms with van der Waals surface area (Å²) in [7, 11) is 0. The first-order chi connectivity index (χ1) is 8.10. The van der Waals surface area contributed by atoms with Gasteiger partial charge in [0.1, 0.15) is 5.92 Å². The van der Waals surface area contributed by atoms with E-state index >= 15 is 0 Å². The molecule has 0 bridgehead atoms. The molecular formula is C12H20N2O3. The van der Waals surface area contributed by atoms with Gasteiger partial charge in [-0.3, -0.25) is 4.79 Å². The zero-order valence-electron chi connectivity index (χ0n) is 10.9. The summed E-state index contributed by atoms with van der Waals surface area (Å²) < 4.78 is 10.2. The topological polar surface area (TPSA) is 65.2 Å². The van der Waals surface area contributed by atoms with Gasteiger partial charge < -0.3 is 9.26 Å². The molecule has 0 saturated carbocycles. The second-order valence-electron chi connectivity index (χ2n) is 4.27. The lowest BCUT2D eigenvalue weighted by Crippen LogP contribution is -2.21. The number of aromatic nitrogens is 2. The first-order valence-corrected chi connectivity index (χ1v) is 6.09. The van der Waals surface area contributed by atoms with Crippen LogP contribution in [0.4, 0.5) is 0 Å². The van der Waals surface area contributed by atoms with E-state index in [0.717, 1.165) is 12.8 Å². The molecule has 17 heavy (non-hydrogen) atoms. The first-order valence-electron chi connectivity index (χ1n) is 6.09.